The van der Waals surface area contributed by atoms with Crippen LogP contribution in [0.1, 0.15) is 42.1 Å². The minimum Gasteiger partial charge on any atom is -0.312 e. The van der Waals surface area contributed by atoms with E-state index in [1.807, 2.05) is 0 Å². The van der Waals surface area contributed by atoms with Crippen molar-refractivity contribution in [3.05, 3.63) is 34.9 Å². The van der Waals surface area contributed by atoms with Gasteiger partial charge in [0.1, 0.15) is 0 Å². The van der Waals surface area contributed by atoms with Crippen LogP contribution in [0.5, 0.6) is 0 Å². The Balaban J connectivity index is 2.40. The van der Waals surface area contributed by atoms with E-state index in [4.69, 9.17) is 0 Å². The van der Waals surface area contributed by atoms with Crippen LogP contribution < -0.4 is 5.32 Å². The fourth-order valence-corrected chi connectivity index (χ4v) is 4.69. The summed E-state index contributed by atoms with van der Waals surface area (Å²) in [5.74, 6) is 0.639. The van der Waals surface area contributed by atoms with Crippen molar-refractivity contribution in [2.24, 2.45) is 0 Å². The Morgan fingerprint density at radius 1 is 1.24 bits per heavy atom. The molecule has 0 amide bonds. The van der Waals surface area contributed by atoms with Gasteiger partial charge in [0.15, 0.2) is 0 Å². The Labute approximate surface area is 107 Å². The van der Waals surface area contributed by atoms with Crippen molar-refractivity contribution >= 4 is 8.07 Å². The van der Waals surface area contributed by atoms with E-state index in [0.29, 0.717) is 11.6 Å². The Kier molecular flexibility index (Phi) is 3.46. The van der Waals surface area contributed by atoms with Gasteiger partial charge in [-0.1, -0.05) is 51.7 Å². The molecule has 1 atom stereocenters. The van der Waals surface area contributed by atoms with E-state index in [-0.39, 0.29) is 0 Å². The van der Waals surface area contributed by atoms with Gasteiger partial charge in [0.05, 0.1) is 8.07 Å². The summed E-state index contributed by atoms with van der Waals surface area (Å²) in [6.45, 7) is 13.1. The molecule has 1 nitrogen and oxygen atoms in total. The van der Waals surface area contributed by atoms with Crippen molar-refractivity contribution in [3.8, 4) is 0 Å². The van der Waals surface area contributed by atoms with Crippen LogP contribution in [0.3, 0.4) is 0 Å². The van der Waals surface area contributed by atoms with Crippen molar-refractivity contribution in [1.29, 1.82) is 0 Å². The summed E-state index contributed by atoms with van der Waals surface area (Å²) in [5.41, 5.74) is 5.27. The van der Waals surface area contributed by atoms with Crippen molar-refractivity contribution in [2.45, 2.75) is 51.5 Å². The van der Waals surface area contributed by atoms with Crippen LogP contribution in [-0.4, -0.2) is 14.6 Å². The molecule has 94 valence electrons. The molecule has 1 unspecified atom stereocenters. The lowest BCUT2D eigenvalue weighted by molar-refractivity contribution is 0.604. The van der Waals surface area contributed by atoms with Gasteiger partial charge in [0.2, 0.25) is 0 Å². The topological polar surface area (TPSA) is 12.0 Å². The molecule has 0 spiro atoms. The predicted molar refractivity (Wildman–Crippen MR) is 78.3 cm³/mol. The van der Waals surface area contributed by atoms with Gasteiger partial charge in [-0.2, -0.15) is 0 Å². The zero-order valence-corrected chi connectivity index (χ0v) is 12.8. The minimum atomic E-state index is -1.16. The fourth-order valence-electron chi connectivity index (χ4n) is 2.72. The van der Waals surface area contributed by atoms with Gasteiger partial charge in [-0.25, -0.2) is 0 Å². The van der Waals surface area contributed by atoms with Crippen molar-refractivity contribution in [3.63, 3.8) is 0 Å². The molecule has 1 aliphatic rings. The van der Waals surface area contributed by atoms with Crippen LogP contribution in [0, 0.1) is 0 Å². The predicted octanol–water partition coefficient (Wildman–Crippen LogP) is 3.87. The molecule has 0 saturated heterocycles. The Morgan fingerprint density at radius 2 is 1.94 bits per heavy atom. The second kappa shape index (κ2) is 4.58. The lowest BCUT2D eigenvalue weighted by atomic mass is 9.94. The standard InChI is InChI=1S/C15H25NSi/c1-11(2)12-6-7-14-13(10-12)8-9-16-15(14)17(3,4)5/h6-7,10-11,15-16H,8-9H2,1-5H3. The van der Waals surface area contributed by atoms with Crippen molar-refractivity contribution < 1.29 is 0 Å². The molecule has 1 heterocycles. The maximum absolute atomic E-state index is 3.73. The average molecular weight is 247 g/mol. The number of nitrogens with one attached hydrogen (secondary N) is 1. The second-order valence-corrected chi connectivity index (χ2v) is 11.9. The lowest BCUT2D eigenvalue weighted by Crippen LogP contribution is -2.44. The number of fused-ring (bicyclic) bond motifs is 1. The molecule has 1 N–H and O–H groups in total. The van der Waals surface area contributed by atoms with E-state index in [2.05, 4.69) is 57.0 Å². The highest BCUT2D eigenvalue weighted by Crippen LogP contribution is 2.32. The van der Waals surface area contributed by atoms with Gasteiger partial charge < -0.3 is 5.32 Å². The molecule has 0 fully saturated rings. The van der Waals surface area contributed by atoms with Crippen LogP contribution in [0.4, 0.5) is 0 Å². The molecular formula is C15H25NSi. The summed E-state index contributed by atoms with van der Waals surface area (Å²) in [6, 6.07) is 7.14. The summed E-state index contributed by atoms with van der Waals surface area (Å²) in [4.78, 5) is 0. The average Bonchev–Trinajstić information content (AvgIpc) is 2.26. The third-order valence-electron chi connectivity index (χ3n) is 3.75. The first-order chi connectivity index (χ1) is 7.89. The van der Waals surface area contributed by atoms with E-state index in [9.17, 15) is 0 Å². The lowest BCUT2D eigenvalue weighted by Gasteiger charge is -2.35. The number of benzene rings is 1. The summed E-state index contributed by atoms with van der Waals surface area (Å²) in [7, 11) is -1.16. The smallest absolute Gasteiger partial charge is 0.0691 e. The van der Waals surface area contributed by atoms with E-state index in [1.54, 1.807) is 11.1 Å². The molecule has 0 bridgehead atoms. The number of rotatable bonds is 2. The SMILES string of the molecule is CC(C)c1ccc2c(c1)CCNC2[Si](C)(C)C. The largest absolute Gasteiger partial charge is 0.312 e. The number of hydrogen-bond acceptors (Lipinski definition) is 1. The van der Waals surface area contributed by atoms with Crippen LogP contribution >= 0.6 is 0 Å². The molecule has 0 saturated carbocycles. The molecule has 1 aromatic carbocycles. The van der Waals surface area contributed by atoms with Crippen LogP contribution in [0.25, 0.3) is 0 Å². The maximum atomic E-state index is 3.73. The van der Waals surface area contributed by atoms with E-state index in [0.717, 1.165) is 6.54 Å². The van der Waals surface area contributed by atoms with E-state index >= 15 is 0 Å². The number of hydrogen-bond donors (Lipinski definition) is 1. The molecule has 1 aromatic rings. The summed E-state index contributed by atoms with van der Waals surface area (Å²) >= 11 is 0. The van der Waals surface area contributed by atoms with Gasteiger partial charge in [-0.05, 0) is 35.6 Å². The quantitative estimate of drug-likeness (QED) is 0.782. The van der Waals surface area contributed by atoms with Gasteiger partial charge in [-0.3, -0.25) is 0 Å². The second-order valence-electron chi connectivity index (χ2n) is 6.62. The highest BCUT2D eigenvalue weighted by molar-refractivity contribution is 6.77. The highest BCUT2D eigenvalue weighted by atomic mass is 28.3. The molecule has 0 aromatic heterocycles. The Bertz CT molecular complexity index is 404. The molecule has 2 heteroatoms. The summed E-state index contributed by atoms with van der Waals surface area (Å²) in [6.07, 6.45) is 1.19. The van der Waals surface area contributed by atoms with Crippen LogP contribution in [-0.2, 0) is 6.42 Å². The van der Waals surface area contributed by atoms with Gasteiger partial charge in [-0.15, -0.1) is 0 Å². The monoisotopic (exact) mass is 247 g/mol. The van der Waals surface area contributed by atoms with Gasteiger partial charge in [0.25, 0.3) is 0 Å². The van der Waals surface area contributed by atoms with Gasteiger partial charge >= 0.3 is 0 Å². The zero-order chi connectivity index (χ0) is 12.6. The summed E-state index contributed by atoms with van der Waals surface area (Å²) < 4.78 is 0. The van der Waals surface area contributed by atoms with Gasteiger partial charge in [0, 0.05) is 5.67 Å². The third-order valence-corrected chi connectivity index (χ3v) is 6.00. The van der Waals surface area contributed by atoms with Crippen LogP contribution in [0.15, 0.2) is 18.2 Å². The normalized spacial score (nSPS) is 20.5. The zero-order valence-electron chi connectivity index (χ0n) is 11.8. The first kappa shape index (κ1) is 12.8. The van der Waals surface area contributed by atoms with E-state index in [1.165, 1.54) is 12.0 Å². The maximum Gasteiger partial charge on any atom is 0.0691 e. The third kappa shape index (κ3) is 2.63. The fraction of sp³-hybridized carbons (Fsp3) is 0.600. The molecule has 2 rings (SSSR count). The molecule has 1 aliphatic heterocycles. The first-order valence-electron chi connectivity index (χ1n) is 6.75. The molecular weight excluding hydrogens is 222 g/mol. The molecule has 0 radical (unpaired) electrons. The molecule has 17 heavy (non-hydrogen) atoms. The summed E-state index contributed by atoms with van der Waals surface area (Å²) in [5, 5.41) is 3.73. The minimum absolute atomic E-state index is 0.632. The highest BCUT2D eigenvalue weighted by Gasteiger charge is 2.31. The first-order valence-corrected chi connectivity index (χ1v) is 10.3. The van der Waals surface area contributed by atoms with Crippen molar-refractivity contribution in [1.82, 2.24) is 5.32 Å². The Hall–Kier alpha value is -0.603. The van der Waals surface area contributed by atoms with Crippen LogP contribution in [0.2, 0.25) is 19.6 Å². The molecule has 0 aliphatic carbocycles. The van der Waals surface area contributed by atoms with E-state index < -0.39 is 8.07 Å². The Morgan fingerprint density at radius 3 is 2.53 bits per heavy atom. The van der Waals surface area contributed by atoms with Crippen molar-refractivity contribution in [2.75, 3.05) is 6.54 Å².